The van der Waals surface area contributed by atoms with Gasteiger partial charge in [-0.1, -0.05) is 12.1 Å². The summed E-state index contributed by atoms with van der Waals surface area (Å²) in [6, 6.07) is 10.2. The quantitative estimate of drug-likeness (QED) is 0.455. The van der Waals surface area contributed by atoms with Crippen molar-refractivity contribution in [2.24, 2.45) is 0 Å². The summed E-state index contributed by atoms with van der Waals surface area (Å²) in [7, 11) is 0. The molecule has 2 N–H and O–H groups in total. The minimum absolute atomic E-state index is 0.101. The fraction of sp³-hybridized carbons (Fsp3) is 0.304. The van der Waals surface area contributed by atoms with Gasteiger partial charge in [0.25, 0.3) is 5.91 Å². The zero-order chi connectivity index (χ0) is 22.8. The highest BCUT2D eigenvalue weighted by Crippen LogP contribution is 2.34. The Kier molecular flexibility index (Phi) is 5.76. The maximum Gasteiger partial charge on any atom is 0.321 e. The number of amides is 3. The molecule has 3 aromatic rings. The number of ether oxygens (including phenoxy) is 2. The number of benzene rings is 2. The summed E-state index contributed by atoms with van der Waals surface area (Å²) in [6.07, 6.45) is 3.28. The highest BCUT2D eigenvalue weighted by molar-refractivity contribution is 5.93. The molecule has 0 bridgehead atoms. The first-order valence-corrected chi connectivity index (χ1v) is 10.7. The predicted molar refractivity (Wildman–Crippen MR) is 117 cm³/mol. The van der Waals surface area contributed by atoms with E-state index in [-0.39, 0.29) is 24.2 Å². The summed E-state index contributed by atoms with van der Waals surface area (Å²) in [4.78, 5) is 37.8. The Morgan fingerprint density at radius 3 is 2.61 bits per heavy atom. The topological polar surface area (TPSA) is 117 Å². The number of hydrogen-bond acceptors (Lipinski definition) is 7. The molecule has 0 unspecified atom stereocenters. The van der Waals surface area contributed by atoms with Crippen LogP contribution in [0.4, 0.5) is 4.79 Å². The maximum absolute atomic E-state index is 13.6. The molecule has 1 atom stereocenters. The fourth-order valence-corrected chi connectivity index (χ4v) is 4.18. The molecule has 10 heteroatoms. The smallest absolute Gasteiger partial charge is 0.321 e. The number of urea groups is 1. The number of fused-ring (bicyclic) bond motifs is 2. The average Bonchev–Trinajstić information content (AvgIpc) is 3.07. The molecule has 10 nitrogen and oxygen atoms in total. The average molecular weight is 449 g/mol. The molecule has 0 spiro atoms. The van der Waals surface area contributed by atoms with E-state index in [0.717, 1.165) is 22.2 Å². The van der Waals surface area contributed by atoms with Crippen LogP contribution in [0.25, 0.3) is 11.0 Å². The van der Waals surface area contributed by atoms with Gasteiger partial charge in [0, 0.05) is 36.6 Å². The molecule has 1 fully saturated rings. The maximum atomic E-state index is 13.6. The number of nitrogens with zero attached hydrogens (tertiary/aromatic N) is 4. The molecule has 2 aliphatic heterocycles. The Hall–Kier alpha value is -3.76. The first kappa shape index (κ1) is 21.1. The van der Waals surface area contributed by atoms with E-state index < -0.39 is 5.91 Å². The van der Waals surface area contributed by atoms with Crippen molar-refractivity contribution < 1.29 is 24.3 Å². The molecule has 170 valence electrons. The second kappa shape index (κ2) is 9.00. The van der Waals surface area contributed by atoms with E-state index in [1.807, 2.05) is 18.2 Å². The fourth-order valence-electron chi connectivity index (χ4n) is 4.18. The van der Waals surface area contributed by atoms with Gasteiger partial charge in [0.1, 0.15) is 12.4 Å². The van der Waals surface area contributed by atoms with Crippen LogP contribution in [-0.2, 0) is 11.3 Å². The molecule has 33 heavy (non-hydrogen) atoms. The molecule has 1 saturated heterocycles. The van der Waals surface area contributed by atoms with Gasteiger partial charge in [-0.15, -0.1) is 0 Å². The van der Waals surface area contributed by atoms with Crippen LogP contribution in [0.15, 0.2) is 48.8 Å². The highest BCUT2D eigenvalue weighted by Gasteiger charge is 2.33. The van der Waals surface area contributed by atoms with Gasteiger partial charge in [0.2, 0.25) is 0 Å². The van der Waals surface area contributed by atoms with Crippen molar-refractivity contribution in [1.82, 2.24) is 25.2 Å². The number of carbonyl (C=O) groups excluding carboxylic acids is 2. The first-order valence-electron chi connectivity index (χ1n) is 10.7. The number of hydroxylamine groups is 1. The number of carbonyl (C=O) groups is 2. The van der Waals surface area contributed by atoms with E-state index in [9.17, 15) is 9.59 Å². The predicted octanol–water partition coefficient (Wildman–Crippen LogP) is 2.14. The van der Waals surface area contributed by atoms with Gasteiger partial charge in [-0.05, 0) is 29.8 Å². The molecule has 5 rings (SSSR count). The lowest BCUT2D eigenvalue weighted by Gasteiger charge is -2.36. The third-order valence-corrected chi connectivity index (χ3v) is 5.95. The van der Waals surface area contributed by atoms with Crippen LogP contribution in [0.5, 0.6) is 5.75 Å². The van der Waals surface area contributed by atoms with Gasteiger partial charge in [-0.2, -0.15) is 0 Å². The van der Waals surface area contributed by atoms with Gasteiger partial charge in [0.05, 0.1) is 36.8 Å². The number of rotatable bonds is 2. The van der Waals surface area contributed by atoms with Gasteiger partial charge in [-0.25, -0.2) is 10.3 Å². The standard InChI is InChI=1S/C23H23N5O5/c29-22(26-31)16-1-2-17-13-28(23(30)27-7-9-32-10-8-27)20(14-33-21(17)12-16)15-3-4-18-19(11-15)25-6-5-24-18/h1-6,11-12,20,31H,7-10,13-14H2,(H,26,29)/t20-/m0/s1. The molecule has 3 heterocycles. The summed E-state index contributed by atoms with van der Waals surface area (Å²) < 4.78 is 11.5. The van der Waals surface area contributed by atoms with Crippen LogP contribution in [0.3, 0.4) is 0 Å². The molecule has 2 aromatic carbocycles. The van der Waals surface area contributed by atoms with Crippen molar-refractivity contribution in [3.8, 4) is 5.75 Å². The molecule has 0 radical (unpaired) electrons. The molecule has 0 aliphatic carbocycles. The van der Waals surface area contributed by atoms with E-state index in [1.165, 1.54) is 0 Å². The van der Waals surface area contributed by atoms with Crippen molar-refractivity contribution >= 4 is 23.0 Å². The van der Waals surface area contributed by atoms with Crippen molar-refractivity contribution in [1.29, 1.82) is 0 Å². The van der Waals surface area contributed by atoms with Crippen LogP contribution in [-0.4, -0.2) is 69.8 Å². The lowest BCUT2D eigenvalue weighted by Crippen LogP contribution is -2.49. The van der Waals surface area contributed by atoms with E-state index in [0.29, 0.717) is 38.6 Å². The number of morpholine rings is 1. The highest BCUT2D eigenvalue weighted by atomic mass is 16.5. The van der Waals surface area contributed by atoms with Crippen LogP contribution in [0, 0.1) is 0 Å². The van der Waals surface area contributed by atoms with Crippen molar-refractivity contribution in [3.63, 3.8) is 0 Å². The lowest BCUT2D eigenvalue weighted by molar-refractivity contribution is 0.0362. The van der Waals surface area contributed by atoms with Gasteiger partial charge in [-0.3, -0.25) is 20.0 Å². The minimum atomic E-state index is -0.628. The number of nitrogens with one attached hydrogen (secondary N) is 1. The van der Waals surface area contributed by atoms with Crippen LogP contribution < -0.4 is 10.2 Å². The van der Waals surface area contributed by atoms with Crippen molar-refractivity contribution in [2.75, 3.05) is 32.9 Å². The van der Waals surface area contributed by atoms with Crippen molar-refractivity contribution in [2.45, 2.75) is 12.6 Å². The number of hydrogen-bond donors (Lipinski definition) is 2. The van der Waals surface area contributed by atoms with Crippen LogP contribution in [0.2, 0.25) is 0 Å². The molecular formula is C23H23N5O5. The van der Waals surface area contributed by atoms with E-state index in [2.05, 4.69) is 9.97 Å². The number of aromatic nitrogens is 2. The zero-order valence-electron chi connectivity index (χ0n) is 17.8. The van der Waals surface area contributed by atoms with Crippen LogP contribution in [0.1, 0.15) is 27.5 Å². The monoisotopic (exact) mass is 449 g/mol. The van der Waals surface area contributed by atoms with Gasteiger partial charge < -0.3 is 19.3 Å². The Morgan fingerprint density at radius 1 is 1.03 bits per heavy atom. The summed E-state index contributed by atoms with van der Waals surface area (Å²) in [6.45, 7) is 2.54. The second-order valence-electron chi connectivity index (χ2n) is 7.90. The normalized spacial score (nSPS) is 18.3. The third-order valence-electron chi connectivity index (χ3n) is 5.95. The van der Waals surface area contributed by atoms with Crippen molar-refractivity contribution in [3.05, 3.63) is 65.5 Å². The summed E-state index contributed by atoms with van der Waals surface area (Å²) in [5.74, 6) is -0.129. The van der Waals surface area contributed by atoms with E-state index >= 15 is 0 Å². The SMILES string of the molecule is O=C(NO)c1ccc2c(c1)OC[C@@H](c1ccc3nccnc3c1)N(C(=O)N1CCOCC1)C2. The molecule has 1 aromatic heterocycles. The Labute approximate surface area is 189 Å². The first-order chi connectivity index (χ1) is 16.1. The van der Waals surface area contributed by atoms with E-state index in [4.69, 9.17) is 14.7 Å². The summed E-state index contributed by atoms with van der Waals surface area (Å²) >= 11 is 0. The second-order valence-corrected chi connectivity index (χ2v) is 7.90. The van der Waals surface area contributed by atoms with Gasteiger partial charge in [0.15, 0.2) is 0 Å². The van der Waals surface area contributed by atoms with Gasteiger partial charge >= 0.3 is 6.03 Å². The molecule has 2 aliphatic rings. The third kappa shape index (κ3) is 4.18. The Bertz CT molecular complexity index is 1200. The molecular weight excluding hydrogens is 426 g/mol. The summed E-state index contributed by atoms with van der Waals surface area (Å²) in [5, 5.41) is 8.96. The van der Waals surface area contributed by atoms with Crippen LogP contribution >= 0.6 is 0 Å². The Morgan fingerprint density at radius 2 is 1.82 bits per heavy atom. The molecule has 0 saturated carbocycles. The largest absolute Gasteiger partial charge is 0.491 e. The zero-order valence-corrected chi connectivity index (χ0v) is 17.8. The van der Waals surface area contributed by atoms with E-state index in [1.54, 1.807) is 45.9 Å². The lowest BCUT2D eigenvalue weighted by atomic mass is 10.0. The Balaban J connectivity index is 1.53. The minimum Gasteiger partial charge on any atom is -0.491 e. The molecule has 3 amide bonds. The summed E-state index contributed by atoms with van der Waals surface area (Å²) in [5.41, 5.74) is 5.06.